The van der Waals surface area contributed by atoms with Gasteiger partial charge in [0.05, 0.1) is 29.2 Å². The molecular weight excluding hydrogens is 405 g/mol. The van der Waals surface area contributed by atoms with Crippen LogP contribution in [0, 0.1) is 19.7 Å². The number of benzene rings is 2. The Morgan fingerprint density at radius 3 is 2.60 bits per heavy atom. The van der Waals surface area contributed by atoms with Crippen molar-refractivity contribution in [2.45, 2.75) is 20.4 Å². The lowest BCUT2D eigenvalue weighted by atomic mass is 10.2. The van der Waals surface area contributed by atoms with Gasteiger partial charge >= 0.3 is 0 Å². The SMILES string of the molecule is Cc1nn(-c2ccccc2)c(C)c1C(=O)Nc1ccn(Cc2ccc(F)cc2Cl)n1. The first-order chi connectivity index (χ1) is 14.4. The molecule has 2 aromatic heterocycles. The number of hydrogen-bond donors (Lipinski definition) is 1. The van der Waals surface area contributed by atoms with E-state index in [-0.39, 0.29) is 11.7 Å². The van der Waals surface area contributed by atoms with Crippen LogP contribution in [0.4, 0.5) is 10.2 Å². The third-order valence-electron chi connectivity index (χ3n) is 4.75. The second kappa shape index (κ2) is 8.12. The van der Waals surface area contributed by atoms with Crippen LogP contribution in [-0.4, -0.2) is 25.5 Å². The molecule has 0 radical (unpaired) electrons. The van der Waals surface area contributed by atoms with Crippen molar-refractivity contribution in [1.82, 2.24) is 19.6 Å². The van der Waals surface area contributed by atoms with Gasteiger partial charge in [-0.15, -0.1) is 0 Å². The van der Waals surface area contributed by atoms with Crippen LogP contribution in [0.5, 0.6) is 0 Å². The van der Waals surface area contributed by atoms with Crippen molar-refractivity contribution in [2.75, 3.05) is 5.32 Å². The van der Waals surface area contributed by atoms with Crippen LogP contribution in [0.25, 0.3) is 5.69 Å². The summed E-state index contributed by atoms with van der Waals surface area (Å²) in [5.74, 6) is -0.263. The van der Waals surface area contributed by atoms with E-state index >= 15 is 0 Å². The van der Waals surface area contributed by atoms with Crippen LogP contribution in [-0.2, 0) is 6.54 Å². The molecule has 0 bridgehead atoms. The topological polar surface area (TPSA) is 64.7 Å². The number of rotatable bonds is 5. The van der Waals surface area contributed by atoms with E-state index in [0.29, 0.717) is 28.6 Å². The van der Waals surface area contributed by atoms with E-state index in [4.69, 9.17) is 11.6 Å². The summed E-state index contributed by atoms with van der Waals surface area (Å²) in [5.41, 5.74) is 3.50. The van der Waals surface area contributed by atoms with Crippen molar-refractivity contribution in [1.29, 1.82) is 0 Å². The first-order valence-electron chi connectivity index (χ1n) is 9.33. The van der Waals surface area contributed by atoms with Crippen molar-refractivity contribution >= 4 is 23.3 Å². The van der Waals surface area contributed by atoms with E-state index in [9.17, 15) is 9.18 Å². The Balaban J connectivity index is 1.52. The minimum atomic E-state index is -0.390. The zero-order chi connectivity index (χ0) is 21.3. The maximum atomic E-state index is 13.2. The van der Waals surface area contributed by atoms with Gasteiger partial charge in [-0.3, -0.25) is 9.48 Å². The number of halogens is 2. The summed E-state index contributed by atoms with van der Waals surface area (Å²) in [6.45, 7) is 4.02. The van der Waals surface area contributed by atoms with E-state index in [2.05, 4.69) is 15.5 Å². The zero-order valence-corrected chi connectivity index (χ0v) is 17.2. The molecule has 0 saturated carbocycles. The van der Waals surface area contributed by atoms with Crippen LogP contribution in [0.1, 0.15) is 27.3 Å². The number of para-hydroxylation sites is 1. The van der Waals surface area contributed by atoms with E-state index in [1.54, 1.807) is 34.6 Å². The van der Waals surface area contributed by atoms with Gasteiger partial charge in [-0.05, 0) is 43.7 Å². The molecule has 8 heteroatoms. The van der Waals surface area contributed by atoms with Gasteiger partial charge < -0.3 is 5.32 Å². The largest absolute Gasteiger partial charge is 0.305 e. The number of carbonyl (C=O) groups excluding carboxylic acids is 1. The van der Waals surface area contributed by atoms with Gasteiger partial charge in [-0.25, -0.2) is 9.07 Å². The number of carbonyl (C=O) groups is 1. The lowest BCUT2D eigenvalue weighted by molar-refractivity contribution is 0.102. The second-order valence-corrected chi connectivity index (χ2v) is 7.29. The maximum absolute atomic E-state index is 13.2. The van der Waals surface area contributed by atoms with Crippen molar-refractivity contribution < 1.29 is 9.18 Å². The van der Waals surface area contributed by atoms with E-state index < -0.39 is 0 Å². The molecule has 0 atom stereocenters. The van der Waals surface area contributed by atoms with Gasteiger partial charge in [-0.2, -0.15) is 10.2 Å². The molecule has 2 aromatic carbocycles. The van der Waals surface area contributed by atoms with Crippen molar-refractivity contribution in [3.05, 3.63) is 94.1 Å². The molecule has 152 valence electrons. The Morgan fingerprint density at radius 1 is 1.10 bits per heavy atom. The number of amides is 1. The quantitative estimate of drug-likeness (QED) is 0.502. The minimum absolute atomic E-state index is 0.280. The molecular formula is C22H19ClFN5O. The first-order valence-corrected chi connectivity index (χ1v) is 9.70. The zero-order valence-electron chi connectivity index (χ0n) is 16.4. The van der Waals surface area contributed by atoms with Crippen molar-refractivity contribution in [2.24, 2.45) is 0 Å². The van der Waals surface area contributed by atoms with Crippen LogP contribution in [0.2, 0.25) is 5.02 Å². The minimum Gasteiger partial charge on any atom is -0.305 e. The summed E-state index contributed by atoms with van der Waals surface area (Å²) in [6, 6.07) is 15.6. The summed E-state index contributed by atoms with van der Waals surface area (Å²) < 4.78 is 16.6. The monoisotopic (exact) mass is 423 g/mol. The number of nitrogens with one attached hydrogen (secondary N) is 1. The fourth-order valence-electron chi connectivity index (χ4n) is 3.31. The Kier molecular flexibility index (Phi) is 5.37. The van der Waals surface area contributed by atoms with Crippen molar-refractivity contribution in [3.8, 4) is 5.69 Å². The van der Waals surface area contributed by atoms with E-state index in [1.165, 1.54) is 12.1 Å². The molecule has 1 N–H and O–H groups in total. The van der Waals surface area contributed by atoms with Gasteiger partial charge in [0.2, 0.25) is 0 Å². The average molecular weight is 424 g/mol. The lowest BCUT2D eigenvalue weighted by Crippen LogP contribution is -2.15. The normalized spacial score (nSPS) is 10.9. The molecule has 0 unspecified atom stereocenters. The molecule has 6 nitrogen and oxygen atoms in total. The predicted molar refractivity (Wildman–Crippen MR) is 114 cm³/mol. The van der Waals surface area contributed by atoms with Gasteiger partial charge in [-0.1, -0.05) is 35.9 Å². The molecule has 0 aliphatic heterocycles. The molecule has 0 spiro atoms. The summed E-state index contributed by atoms with van der Waals surface area (Å²) in [6.07, 6.45) is 1.72. The predicted octanol–water partition coefficient (Wildman–Crippen LogP) is 4.78. The Hall–Kier alpha value is -3.45. The molecule has 0 saturated heterocycles. The number of aromatic nitrogens is 4. The fourth-order valence-corrected chi connectivity index (χ4v) is 3.54. The molecule has 30 heavy (non-hydrogen) atoms. The molecule has 4 rings (SSSR count). The highest BCUT2D eigenvalue weighted by atomic mass is 35.5. The molecule has 0 aliphatic rings. The molecule has 4 aromatic rings. The van der Waals surface area contributed by atoms with Crippen LogP contribution in [0.3, 0.4) is 0 Å². The number of nitrogens with zero attached hydrogens (tertiary/aromatic N) is 4. The van der Waals surface area contributed by atoms with Crippen LogP contribution in [0.15, 0.2) is 60.8 Å². The number of hydrogen-bond acceptors (Lipinski definition) is 3. The molecule has 0 aliphatic carbocycles. The van der Waals surface area contributed by atoms with Gasteiger partial charge in [0, 0.05) is 17.3 Å². The fraction of sp³-hybridized carbons (Fsp3) is 0.136. The van der Waals surface area contributed by atoms with Gasteiger partial charge in [0.25, 0.3) is 5.91 Å². The summed E-state index contributed by atoms with van der Waals surface area (Å²) >= 11 is 6.08. The Labute approximate surface area is 177 Å². The van der Waals surface area contributed by atoms with Crippen molar-refractivity contribution in [3.63, 3.8) is 0 Å². The third-order valence-corrected chi connectivity index (χ3v) is 5.10. The van der Waals surface area contributed by atoms with Gasteiger partial charge in [0.15, 0.2) is 5.82 Å². The second-order valence-electron chi connectivity index (χ2n) is 6.88. The van der Waals surface area contributed by atoms with Crippen LogP contribution >= 0.6 is 11.6 Å². The standard InChI is InChI=1S/C22H19ClFN5O/c1-14-21(15(2)29(26-14)18-6-4-3-5-7-18)22(30)25-20-10-11-28(27-20)13-16-8-9-17(24)12-19(16)23/h3-12H,13H2,1-2H3,(H,25,27,30). The molecule has 1 amide bonds. The highest BCUT2D eigenvalue weighted by Crippen LogP contribution is 2.20. The van der Waals surface area contributed by atoms with Gasteiger partial charge in [0.1, 0.15) is 5.82 Å². The van der Waals surface area contributed by atoms with E-state index in [0.717, 1.165) is 16.9 Å². The van der Waals surface area contributed by atoms with Crippen LogP contribution < -0.4 is 5.32 Å². The number of anilines is 1. The Bertz CT molecular complexity index is 1220. The first kappa shape index (κ1) is 19.8. The summed E-state index contributed by atoms with van der Waals surface area (Å²) in [7, 11) is 0. The molecule has 2 heterocycles. The smallest absolute Gasteiger partial charge is 0.260 e. The summed E-state index contributed by atoms with van der Waals surface area (Å²) in [4.78, 5) is 12.9. The van der Waals surface area contributed by atoms with E-state index in [1.807, 2.05) is 37.3 Å². The third kappa shape index (κ3) is 3.97. The highest BCUT2D eigenvalue weighted by Gasteiger charge is 2.20. The lowest BCUT2D eigenvalue weighted by Gasteiger charge is -2.06. The maximum Gasteiger partial charge on any atom is 0.260 e. The highest BCUT2D eigenvalue weighted by molar-refractivity contribution is 6.31. The molecule has 0 fully saturated rings. The Morgan fingerprint density at radius 2 is 1.87 bits per heavy atom. The average Bonchev–Trinajstić information content (AvgIpc) is 3.28. The number of aryl methyl sites for hydroxylation is 1. The summed E-state index contributed by atoms with van der Waals surface area (Å²) in [5, 5.41) is 12.0.